The van der Waals surface area contributed by atoms with Crippen LogP contribution in [0.1, 0.15) is 20.7 Å². The van der Waals surface area contributed by atoms with Gasteiger partial charge in [0.25, 0.3) is 0 Å². The van der Waals surface area contributed by atoms with Gasteiger partial charge >= 0.3 is 11.9 Å². The molecule has 1 atom stereocenters. The van der Waals surface area contributed by atoms with E-state index in [-0.39, 0.29) is 11.1 Å². The number of carbonyl (C=O) groups excluding carboxylic acids is 2. The van der Waals surface area contributed by atoms with Crippen molar-refractivity contribution in [2.45, 2.75) is 6.10 Å². The quantitative estimate of drug-likeness (QED) is 0.608. The Labute approximate surface area is 96.3 Å². The number of carboxylic acid groups (broad SMARTS) is 1. The zero-order valence-corrected chi connectivity index (χ0v) is 8.62. The number of Topliss-reactive ketones (excluding diaryl/α,β-unsaturated/α-hetero) is 1. The summed E-state index contributed by atoms with van der Waals surface area (Å²) in [6.07, 6.45) is 0.677. The summed E-state index contributed by atoms with van der Waals surface area (Å²) in [5, 5.41) is 8.45. The third-order valence-corrected chi connectivity index (χ3v) is 2.32. The van der Waals surface area contributed by atoms with Gasteiger partial charge in [0.1, 0.15) is 0 Å². The molecule has 0 fully saturated rings. The summed E-state index contributed by atoms with van der Waals surface area (Å²) >= 11 is 0. The van der Waals surface area contributed by atoms with Crippen LogP contribution in [0.25, 0.3) is 0 Å². The fourth-order valence-electron chi connectivity index (χ4n) is 1.56. The van der Waals surface area contributed by atoms with Gasteiger partial charge in [-0.15, -0.1) is 0 Å². The SMILES string of the molecule is O=C(O)C=CC1OC(=O)c2ccccc2C1=O. The molecule has 5 nitrogen and oxygen atoms in total. The molecule has 1 aromatic rings. The molecule has 0 amide bonds. The molecular weight excluding hydrogens is 224 g/mol. The molecule has 1 heterocycles. The lowest BCUT2D eigenvalue weighted by Crippen LogP contribution is -2.32. The van der Waals surface area contributed by atoms with E-state index in [2.05, 4.69) is 0 Å². The van der Waals surface area contributed by atoms with Crippen molar-refractivity contribution in [3.05, 3.63) is 47.5 Å². The van der Waals surface area contributed by atoms with Crippen LogP contribution in [0.3, 0.4) is 0 Å². The maximum Gasteiger partial charge on any atom is 0.339 e. The second-order valence-corrected chi connectivity index (χ2v) is 3.43. The summed E-state index contributed by atoms with van der Waals surface area (Å²) in [4.78, 5) is 33.7. The Balaban J connectivity index is 2.36. The molecule has 1 aliphatic heterocycles. The molecular formula is C12H8O5. The molecule has 1 N–H and O–H groups in total. The molecule has 0 radical (unpaired) electrons. The van der Waals surface area contributed by atoms with E-state index in [0.717, 1.165) is 12.2 Å². The average Bonchev–Trinajstić information content (AvgIpc) is 2.32. The van der Waals surface area contributed by atoms with Crippen LogP contribution in [-0.2, 0) is 9.53 Å². The van der Waals surface area contributed by atoms with Crippen molar-refractivity contribution in [3.63, 3.8) is 0 Å². The van der Waals surface area contributed by atoms with Gasteiger partial charge in [0, 0.05) is 11.6 Å². The van der Waals surface area contributed by atoms with Gasteiger partial charge in [-0.1, -0.05) is 18.2 Å². The zero-order valence-electron chi connectivity index (χ0n) is 8.62. The van der Waals surface area contributed by atoms with Crippen molar-refractivity contribution < 1.29 is 24.2 Å². The molecule has 0 aromatic heterocycles. The van der Waals surface area contributed by atoms with Crippen LogP contribution in [-0.4, -0.2) is 28.9 Å². The Morgan fingerprint density at radius 1 is 1.24 bits per heavy atom. The van der Waals surface area contributed by atoms with Crippen LogP contribution in [0.15, 0.2) is 36.4 Å². The highest BCUT2D eigenvalue weighted by Gasteiger charge is 2.32. The van der Waals surface area contributed by atoms with Crippen molar-refractivity contribution in [1.29, 1.82) is 0 Å². The van der Waals surface area contributed by atoms with Gasteiger partial charge < -0.3 is 9.84 Å². The minimum Gasteiger partial charge on any atom is -0.478 e. The van der Waals surface area contributed by atoms with Gasteiger partial charge in [-0.2, -0.15) is 0 Å². The van der Waals surface area contributed by atoms with Crippen LogP contribution < -0.4 is 0 Å². The smallest absolute Gasteiger partial charge is 0.339 e. The molecule has 5 heteroatoms. The fraction of sp³-hybridized carbons (Fsp3) is 0.0833. The van der Waals surface area contributed by atoms with Crippen LogP contribution in [0.4, 0.5) is 0 Å². The van der Waals surface area contributed by atoms with Gasteiger partial charge in [0.2, 0.25) is 5.78 Å². The summed E-state index contributed by atoms with van der Waals surface area (Å²) in [6.45, 7) is 0. The topological polar surface area (TPSA) is 80.7 Å². The number of cyclic esters (lactones) is 1. The zero-order chi connectivity index (χ0) is 12.4. The molecule has 0 bridgehead atoms. The number of rotatable bonds is 2. The maximum atomic E-state index is 11.9. The van der Waals surface area contributed by atoms with Crippen molar-refractivity contribution in [2.75, 3.05) is 0 Å². The van der Waals surface area contributed by atoms with Crippen molar-refractivity contribution in [2.24, 2.45) is 0 Å². The highest BCUT2D eigenvalue weighted by molar-refractivity contribution is 6.13. The molecule has 17 heavy (non-hydrogen) atoms. The average molecular weight is 232 g/mol. The molecule has 2 rings (SSSR count). The first-order valence-electron chi connectivity index (χ1n) is 4.85. The molecule has 1 aliphatic rings. The molecule has 0 saturated heterocycles. The molecule has 0 aliphatic carbocycles. The molecule has 1 aromatic carbocycles. The minimum absolute atomic E-state index is 0.206. The number of benzene rings is 1. The highest BCUT2D eigenvalue weighted by Crippen LogP contribution is 2.21. The van der Waals surface area contributed by atoms with E-state index in [1.54, 1.807) is 12.1 Å². The van der Waals surface area contributed by atoms with Crippen LogP contribution in [0.2, 0.25) is 0 Å². The van der Waals surface area contributed by atoms with E-state index in [1.807, 2.05) is 0 Å². The Morgan fingerprint density at radius 2 is 1.88 bits per heavy atom. The van der Waals surface area contributed by atoms with Crippen molar-refractivity contribution in [1.82, 2.24) is 0 Å². The second kappa shape index (κ2) is 4.21. The molecule has 1 unspecified atom stereocenters. The monoisotopic (exact) mass is 232 g/mol. The number of hydrogen-bond acceptors (Lipinski definition) is 4. The first kappa shape index (κ1) is 11.1. The maximum absolute atomic E-state index is 11.9. The Hall–Kier alpha value is -2.43. The summed E-state index contributed by atoms with van der Waals surface area (Å²) < 4.78 is 4.84. The van der Waals surface area contributed by atoms with Crippen LogP contribution >= 0.6 is 0 Å². The van der Waals surface area contributed by atoms with E-state index in [1.165, 1.54) is 12.1 Å². The first-order valence-corrected chi connectivity index (χ1v) is 4.85. The molecule has 0 spiro atoms. The van der Waals surface area contributed by atoms with E-state index in [0.29, 0.717) is 0 Å². The number of esters is 1. The van der Waals surface area contributed by atoms with Crippen LogP contribution in [0.5, 0.6) is 0 Å². The fourth-order valence-corrected chi connectivity index (χ4v) is 1.56. The van der Waals surface area contributed by atoms with Crippen LogP contribution in [0, 0.1) is 0 Å². The largest absolute Gasteiger partial charge is 0.478 e. The predicted molar refractivity (Wildman–Crippen MR) is 56.8 cm³/mol. The number of ketones is 1. The van der Waals surface area contributed by atoms with E-state index >= 15 is 0 Å². The van der Waals surface area contributed by atoms with E-state index in [9.17, 15) is 14.4 Å². The lowest BCUT2D eigenvalue weighted by molar-refractivity contribution is -0.131. The van der Waals surface area contributed by atoms with E-state index < -0.39 is 23.8 Å². The Kier molecular flexibility index (Phi) is 2.74. The third-order valence-electron chi connectivity index (χ3n) is 2.32. The first-order chi connectivity index (χ1) is 8.09. The number of aliphatic carboxylic acids is 1. The number of hydrogen-bond donors (Lipinski definition) is 1. The van der Waals surface area contributed by atoms with Gasteiger partial charge in [0.15, 0.2) is 6.10 Å². The van der Waals surface area contributed by atoms with E-state index in [4.69, 9.17) is 9.84 Å². The molecule has 0 saturated carbocycles. The molecule has 86 valence electrons. The summed E-state index contributed by atoms with van der Waals surface area (Å²) in [7, 11) is 0. The van der Waals surface area contributed by atoms with Crippen molar-refractivity contribution >= 4 is 17.7 Å². The van der Waals surface area contributed by atoms with Crippen molar-refractivity contribution in [3.8, 4) is 0 Å². The summed E-state index contributed by atoms with van der Waals surface area (Å²) in [5.74, 6) is -2.24. The standard InChI is InChI=1S/C12H8O5/c13-10(14)6-5-9-11(15)7-3-1-2-4-8(7)12(16)17-9/h1-6,9H,(H,13,14). The van der Waals surface area contributed by atoms with Gasteiger partial charge in [0.05, 0.1) is 5.56 Å². The predicted octanol–water partition coefficient (Wildman–Crippen LogP) is 1.05. The Morgan fingerprint density at radius 3 is 2.53 bits per heavy atom. The number of carbonyl (C=O) groups is 3. The lowest BCUT2D eigenvalue weighted by Gasteiger charge is -2.20. The number of fused-ring (bicyclic) bond motifs is 1. The number of ether oxygens (including phenoxy) is 1. The Bertz CT molecular complexity index is 529. The summed E-state index contributed by atoms with van der Waals surface area (Å²) in [5.41, 5.74) is 0.460. The van der Waals surface area contributed by atoms with Gasteiger partial charge in [-0.25, -0.2) is 9.59 Å². The van der Waals surface area contributed by atoms with Gasteiger partial charge in [-0.3, -0.25) is 4.79 Å². The normalized spacial score (nSPS) is 18.9. The minimum atomic E-state index is -1.20. The lowest BCUT2D eigenvalue weighted by atomic mass is 9.97. The third kappa shape index (κ3) is 2.08. The van der Waals surface area contributed by atoms with Gasteiger partial charge in [-0.05, 0) is 12.1 Å². The highest BCUT2D eigenvalue weighted by atomic mass is 16.5. The number of carboxylic acids is 1. The second-order valence-electron chi connectivity index (χ2n) is 3.43. The summed E-state index contributed by atoms with van der Waals surface area (Å²) in [6, 6.07) is 6.26.